The number of carbonyl (C=O) groups is 1. The van der Waals surface area contributed by atoms with Crippen molar-refractivity contribution in [1.82, 2.24) is 9.97 Å². The predicted octanol–water partition coefficient (Wildman–Crippen LogP) is 1.56. The van der Waals surface area contributed by atoms with E-state index in [0.29, 0.717) is 24.1 Å². The number of rotatable bonds is 6. The van der Waals surface area contributed by atoms with E-state index in [0.717, 1.165) is 0 Å². The van der Waals surface area contributed by atoms with Gasteiger partial charge in [0.05, 0.1) is 13.0 Å². The summed E-state index contributed by atoms with van der Waals surface area (Å²) >= 11 is 0. The van der Waals surface area contributed by atoms with E-state index < -0.39 is 11.9 Å². The molecule has 1 rings (SSSR count). The van der Waals surface area contributed by atoms with Gasteiger partial charge in [-0.2, -0.15) is 4.98 Å². The molecule has 0 aromatic carbocycles. The molecule has 0 aliphatic carbocycles. The zero-order chi connectivity index (χ0) is 13.7. The first-order valence-electron chi connectivity index (χ1n) is 5.80. The molecule has 1 aromatic rings. The molecule has 1 aromatic heterocycles. The lowest BCUT2D eigenvalue weighted by atomic mass is 9.96. The summed E-state index contributed by atoms with van der Waals surface area (Å²) in [5.74, 6) is 0.405. The molecule has 0 bridgehead atoms. The number of ether oxygens (including phenoxy) is 1. The highest BCUT2D eigenvalue weighted by molar-refractivity contribution is 5.71. The van der Waals surface area contributed by atoms with Crippen molar-refractivity contribution >= 4 is 11.8 Å². The molecule has 0 spiro atoms. The van der Waals surface area contributed by atoms with Crippen LogP contribution in [0.4, 0.5) is 5.82 Å². The van der Waals surface area contributed by atoms with Crippen LogP contribution in [-0.2, 0) is 4.79 Å². The molecule has 0 radical (unpaired) electrons. The van der Waals surface area contributed by atoms with Gasteiger partial charge in [-0.15, -0.1) is 0 Å². The maximum Gasteiger partial charge on any atom is 0.308 e. The van der Waals surface area contributed by atoms with Gasteiger partial charge in [0.25, 0.3) is 0 Å². The van der Waals surface area contributed by atoms with Crippen molar-refractivity contribution in [3.63, 3.8) is 0 Å². The predicted molar refractivity (Wildman–Crippen MR) is 67.8 cm³/mol. The zero-order valence-corrected chi connectivity index (χ0v) is 11.1. The summed E-state index contributed by atoms with van der Waals surface area (Å²) in [6.45, 7) is 5.84. The van der Waals surface area contributed by atoms with Crippen molar-refractivity contribution in [2.75, 3.05) is 19.0 Å². The lowest BCUT2D eigenvalue weighted by Gasteiger charge is -2.17. The van der Waals surface area contributed by atoms with Crippen molar-refractivity contribution in [3.05, 3.63) is 11.9 Å². The fraction of sp³-hybridized carbons (Fsp3) is 0.583. The van der Waals surface area contributed by atoms with Crippen LogP contribution in [0.15, 0.2) is 6.07 Å². The third-order valence-corrected chi connectivity index (χ3v) is 2.65. The Morgan fingerprint density at radius 3 is 2.67 bits per heavy atom. The SMILES string of the molecule is COc1cc(NCC(C(=O)O)C(C)C)nc(C)n1. The Hall–Kier alpha value is -1.85. The number of anilines is 1. The molecule has 1 unspecified atom stereocenters. The highest BCUT2D eigenvalue weighted by Crippen LogP contribution is 2.15. The molecule has 0 saturated carbocycles. The van der Waals surface area contributed by atoms with E-state index in [4.69, 9.17) is 9.84 Å². The van der Waals surface area contributed by atoms with Crippen LogP contribution in [0, 0.1) is 18.8 Å². The molecule has 1 atom stereocenters. The Bertz CT molecular complexity index is 421. The van der Waals surface area contributed by atoms with Gasteiger partial charge in [-0.3, -0.25) is 4.79 Å². The lowest BCUT2D eigenvalue weighted by Crippen LogP contribution is -2.27. The molecule has 6 heteroatoms. The zero-order valence-electron chi connectivity index (χ0n) is 11.1. The lowest BCUT2D eigenvalue weighted by molar-refractivity contribution is -0.142. The molecule has 0 amide bonds. The fourth-order valence-corrected chi connectivity index (χ4v) is 1.56. The van der Waals surface area contributed by atoms with Crippen LogP contribution < -0.4 is 10.1 Å². The van der Waals surface area contributed by atoms with E-state index in [1.54, 1.807) is 13.0 Å². The number of hydrogen-bond donors (Lipinski definition) is 2. The normalized spacial score (nSPS) is 12.3. The molecule has 0 aliphatic rings. The average Bonchev–Trinajstić information content (AvgIpc) is 2.27. The Morgan fingerprint density at radius 2 is 2.17 bits per heavy atom. The fourth-order valence-electron chi connectivity index (χ4n) is 1.56. The molecule has 0 fully saturated rings. The number of hydrogen-bond acceptors (Lipinski definition) is 5. The maximum atomic E-state index is 11.1. The molecule has 18 heavy (non-hydrogen) atoms. The first kappa shape index (κ1) is 14.2. The second-order valence-electron chi connectivity index (χ2n) is 4.41. The van der Waals surface area contributed by atoms with Crippen LogP contribution in [0.1, 0.15) is 19.7 Å². The average molecular weight is 253 g/mol. The number of nitrogens with zero attached hydrogens (tertiary/aromatic N) is 2. The molecular formula is C12H19N3O3. The van der Waals surface area contributed by atoms with Crippen molar-refractivity contribution in [2.24, 2.45) is 11.8 Å². The highest BCUT2D eigenvalue weighted by atomic mass is 16.5. The van der Waals surface area contributed by atoms with Crippen molar-refractivity contribution in [1.29, 1.82) is 0 Å². The monoisotopic (exact) mass is 253 g/mol. The minimum atomic E-state index is -0.810. The summed E-state index contributed by atoms with van der Waals surface area (Å²) in [5.41, 5.74) is 0. The quantitative estimate of drug-likeness (QED) is 0.800. The van der Waals surface area contributed by atoms with Crippen LogP contribution in [0.3, 0.4) is 0 Å². The molecular weight excluding hydrogens is 234 g/mol. The van der Waals surface area contributed by atoms with Crippen LogP contribution in [-0.4, -0.2) is 34.7 Å². The van der Waals surface area contributed by atoms with Crippen LogP contribution >= 0.6 is 0 Å². The van der Waals surface area contributed by atoms with Crippen molar-refractivity contribution < 1.29 is 14.6 Å². The highest BCUT2D eigenvalue weighted by Gasteiger charge is 2.21. The van der Waals surface area contributed by atoms with Gasteiger partial charge < -0.3 is 15.2 Å². The number of aryl methyl sites for hydroxylation is 1. The summed E-state index contributed by atoms with van der Waals surface area (Å²) in [5, 5.41) is 12.1. The van der Waals surface area contributed by atoms with Gasteiger partial charge in [-0.05, 0) is 12.8 Å². The summed E-state index contributed by atoms with van der Waals surface area (Å²) in [6.07, 6.45) is 0. The molecule has 0 saturated heterocycles. The number of carboxylic acid groups (broad SMARTS) is 1. The first-order chi connectivity index (χ1) is 8.43. The number of methoxy groups -OCH3 is 1. The van der Waals surface area contributed by atoms with Crippen LogP contribution in [0.25, 0.3) is 0 Å². The van der Waals surface area contributed by atoms with Crippen LogP contribution in [0.2, 0.25) is 0 Å². The first-order valence-corrected chi connectivity index (χ1v) is 5.80. The summed E-state index contributed by atoms with van der Waals surface area (Å²) < 4.78 is 5.03. The Balaban J connectivity index is 2.73. The Kier molecular flexibility index (Phi) is 4.88. The van der Waals surface area contributed by atoms with E-state index in [1.807, 2.05) is 13.8 Å². The second kappa shape index (κ2) is 6.18. The number of nitrogens with one attached hydrogen (secondary N) is 1. The molecule has 2 N–H and O–H groups in total. The van der Waals surface area contributed by atoms with Crippen molar-refractivity contribution in [3.8, 4) is 5.88 Å². The van der Waals surface area contributed by atoms with E-state index in [2.05, 4.69) is 15.3 Å². The van der Waals surface area contributed by atoms with Gasteiger partial charge in [0.2, 0.25) is 5.88 Å². The summed E-state index contributed by atoms with van der Waals surface area (Å²) in [7, 11) is 1.53. The smallest absolute Gasteiger partial charge is 0.308 e. The minimum Gasteiger partial charge on any atom is -0.481 e. The Morgan fingerprint density at radius 1 is 1.50 bits per heavy atom. The Labute approximate surface area is 106 Å². The number of aliphatic carboxylic acids is 1. The topological polar surface area (TPSA) is 84.3 Å². The molecule has 100 valence electrons. The number of aromatic nitrogens is 2. The largest absolute Gasteiger partial charge is 0.481 e. The van der Waals surface area contributed by atoms with Gasteiger partial charge in [0.1, 0.15) is 11.6 Å². The van der Waals surface area contributed by atoms with E-state index in [9.17, 15) is 4.79 Å². The minimum absolute atomic E-state index is 0.0554. The van der Waals surface area contributed by atoms with Gasteiger partial charge in [0.15, 0.2) is 0 Å². The van der Waals surface area contributed by atoms with Crippen LogP contribution in [0.5, 0.6) is 5.88 Å². The third kappa shape index (κ3) is 3.87. The van der Waals surface area contributed by atoms with Gasteiger partial charge >= 0.3 is 5.97 Å². The van der Waals surface area contributed by atoms with Gasteiger partial charge in [0, 0.05) is 12.6 Å². The van der Waals surface area contributed by atoms with E-state index in [1.165, 1.54) is 7.11 Å². The second-order valence-corrected chi connectivity index (χ2v) is 4.41. The molecule has 1 heterocycles. The van der Waals surface area contributed by atoms with E-state index in [-0.39, 0.29) is 5.92 Å². The molecule has 6 nitrogen and oxygen atoms in total. The third-order valence-electron chi connectivity index (χ3n) is 2.65. The van der Waals surface area contributed by atoms with Crippen molar-refractivity contribution in [2.45, 2.75) is 20.8 Å². The summed E-state index contributed by atoms with van der Waals surface area (Å²) in [6, 6.07) is 1.65. The molecule has 0 aliphatic heterocycles. The maximum absolute atomic E-state index is 11.1. The van der Waals surface area contributed by atoms with Gasteiger partial charge in [-0.1, -0.05) is 13.8 Å². The standard InChI is InChI=1S/C12H19N3O3/c1-7(2)9(12(16)17)6-13-10-5-11(18-4)15-8(3)14-10/h5,7,9H,6H2,1-4H3,(H,16,17)(H,13,14,15). The van der Waals surface area contributed by atoms with Gasteiger partial charge in [-0.25, -0.2) is 4.98 Å². The van der Waals surface area contributed by atoms with E-state index >= 15 is 0 Å². The number of carboxylic acids is 1. The summed E-state index contributed by atoms with van der Waals surface area (Å²) in [4.78, 5) is 19.3.